The quantitative estimate of drug-likeness (QED) is 0.668. The minimum Gasteiger partial charge on any atom is -0.321 e. The summed E-state index contributed by atoms with van der Waals surface area (Å²) in [6, 6.07) is 8.32. The van der Waals surface area contributed by atoms with Crippen LogP contribution >= 0.6 is 11.8 Å². The fourth-order valence-corrected chi connectivity index (χ4v) is 3.78. The van der Waals surface area contributed by atoms with E-state index in [2.05, 4.69) is 29.3 Å². The first-order chi connectivity index (χ1) is 8.84. The molecule has 1 aromatic carbocycles. The van der Waals surface area contributed by atoms with Crippen LogP contribution in [0.15, 0.2) is 40.0 Å². The number of hydrogen-bond donors (Lipinski definition) is 1. The first kappa shape index (κ1) is 10.2. The average molecular weight is 253 g/mol. The number of thioether (sulfide) groups is 1. The van der Waals surface area contributed by atoms with Crippen molar-refractivity contribution in [2.75, 3.05) is 5.75 Å². The third kappa shape index (κ3) is 1.28. The van der Waals surface area contributed by atoms with Gasteiger partial charge in [0.2, 0.25) is 0 Å². The summed E-state index contributed by atoms with van der Waals surface area (Å²) in [6.45, 7) is 0. The average Bonchev–Trinajstić information content (AvgIpc) is 2.78. The molecule has 2 nitrogen and oxygen atoms in total. The molecule has 0 spiro atoms. The van der Waals surface area contributed by atoms with E-state index in [1.807, 2.05) is 12.1 Å². The molecular formula is C15H11NOS. The maximum absolute atomic E-state index is 12.1. The van der Waals surface area contributed by atoms with Crippen molar-refractivity contribution >= 4 is 17.8 Å². The van der Waals surface area contributed by atoms with Gasteiger partial charge in [-0.1, -0.05) is 36.4 Å². The Bertz CT molecular complexity index is 743. The van der Waals surface area contributed by atoms with Crippen molar-refractivity contribution in [3.63, 3.8) is 0 Å². The Morgan fingerprint density at radius 2 is 2.11 bits per heavy atom. The molecule has 0 unspecified atom stereocenters. The topological polar surface area (TPSA) is 32.9 Å². The summed E-state index contributed by atoms with van der Waals surface area (Å²) in [5.41, 5.74) is 5.67. The molecule has 2 heterocycles. The third-order valence-electron chi connectivity index (χ3n) is 3.57. The van der Waals surface area contributed by atoms with Gasteiger partial charge in [-0.3, -0.25) is 4.79 Å². The Morgan fingerprint density at radius 3 is 3.06 bits per heavy atom. The third-order valence-corrected chi connectivity index (χ3v) is 4.68. The fourth-order valence-electron chi connectivity index (χ4n) is 2.76. The second kappa shape index (κ2) is 3.62. The molecule has 0 bridgehead atoms. The number of hydrogen-bond acceptors (Lipinski definition) is 2. The molecule has 1 aliphatic heterocycles. The first-order valence-corrected chi connectivity index (χ1v) is 7.00. The van der Waals surface area contributed by atoms with Crippen molar-refractivity contribution in [1.82, 2.24) is 4.98 Å². The van der Waals surface area contributed by atoms with E-state index in [-0.39, 0.29) is 5.56 Å². The number of rotatable bonds is 0. The van der Waals surface area contributed by atoms with Crippen molar-refractivity contribution in [2.24, 2.45) is 0 Å². The monoisotopic (exact) mass is 253 g/mol. The highest BCUT2D eigenvalue weighted by molar-refractivity contribution is 7.99. The summed E-state index contributed by atoms with van der Waals surface area (Å²) >= 11 is 1.77. The summed E-state index contributed by atoms with van der Waals surface area (Å²) in [5.74, 6) is 0.958. The molecule has 2 aliphatic rings. The van der Waals surface area contributed by atoms with Crippen LogP contribution in [0.5, 0.6) is 0 Å². The second-order valence-electron chi connectivity index (χ2n) is 4.60. The maximum Gasteiger partial charge on any atom is 0.256 e. The smallest absolute Gasteiger partial charge is 0.256 e. The summed E-state index contributed by atoms with van der Waals surface area (Å²) in [4.78, 5) is 16.3. The number of benzene rings is 1. The molecular weight excluding hydrogens is 242 g/mol. The van der Waals surface area contributed by atoms with Gasteiger partial charge in [0.25, 0.3) is 5.56 Å². The highest BCUT2D eigenvalue weighted by Gasteiger charge is 2.25. The number of nitrogens with one attached hydrogen (secondary N) is 1. The van der Waals surface area contributed by atoms with Crippen molar-refractivity contribution in [1.29, 1.82) is 0 Å². The maximum atomic E-state index is 12.1. The van der Waals surface area contributed by atoms with Crippen LogP contribution in [-0.2, 0) is 6.42 Å². The van der Waals surface area contributed by atoms with Gasteiger partial charge in [0.1, 0.15) is 0 Å². The molecule has 1 aliphatic carbocycles. The predicted octanol–water partition coefficient (Wildman–Crippen LogP) is 3.07. The molecule has 0 fully saturated rings. The van der Waals surface area contributed by atoms with Crippen molar-refractivity contribution in [2.45, 2.75) is 11.3 Å². The number of fused-ring (bicyclic) bond motifs is 5. The van der Waals surface area contributed by atoms with Gasteiger partial charge in [0, 0.05) is 22.6 Å². The van der Waals surface area contributed by atoms with Gasteiger partial charge in [-0.25, -0.2) is 0 Å². The summed E-state index contributed by atoms with van der Waals surface area (Å²) < 4.78 is 0. The van der Waals surface area contributed by atoms with E-state index in [1.165, 1.54) is 21.6 Å². The van der Waals surface area contributed by atoms with Crippen LogP contribution in [0.4, 0.5) is 0 Å². The van der Waals surface area contributed by atoms with E-state index in [4.69, 9.17) is 0 Å². The van der Waals surface area contributed by atoms with E-state index in [9.17, 15) is 4.79 Å². The molecule has 0 saturated heterocycles. The van der Waals surface area contributed by atoms with Gasteiger partial charge < -0.3 is 4.98 Å². The number of aromatic amines is 1. The Kier molecular flexibility index (Phi) is 2.06. The Morgan fingerprint density at radius 1 is 1.22 bits per heavy atom. The van der Waals surface area contributed by atoms with Gasteiger partial charge in [-0.2, -0.15) is 0 Å². The van der Waals surface area contributed by atoms with Crippen molar-refractivity contribution < 1.29 is 0 Å². The predicted molar refractivity (Wildman–Crippen MR) is 75.1 cm³/mol. The van der Waals surface area contributed by atoms with Crippen LogP contribution in [0.25, 0.3) is 17.3 Å². The molecule has 0 radical (unpaired) electrons. The van der Waals surface area contributed by atoms with E-state index >= 15 is 0 Å². The SMILES string of the molecule is O=c1[nH]c2c(c3c1C=CCS3)Cc1ccccc1-2. The summed E-state index contributed by atoms with van der Waals surface area (Å²) in [6.07, 6.45) is 4.94. The molecule has 0 saturated carbocycles. The normalized spacial score (nSPS) is 15.1. The van der Waals surface area contributed by atoms with Crippen molar-refractivity contribution in [3.05, 3.63) is 57.4 Å². The lowest BCUT2D eigenvalue weighted by atomic mass is 10.1. The number of H-pyrrole nitrogens is 1. The van der Waals surface area contributed by atoms with E-state index in [1.54, 1.807) is 11.8 Å². The number of pyridine rings is 1. The van der Waals surface area contributed by atoms with Gasteiger partial charge in [0.15, 0.2) is 0 Å². The number of aromatic nitrogens is 1. The van der Waals surface area contributed by atoms with Crippen molar-refractivity contribution in [3.8, 4) is 11.3 Å². The van der Waals surface area contributed by atoms with Crippen LogP contribution in [0, 0.1) is 0 Å². The van der Waals surface area contributed by atoms with Gasteiger partial charge in [-0.05, 0) is 11.1 Å². The highest BCUT2D eigenvalue weighted by Crippen LogP contribution is 2.41. The standard InChI is InChI=1S/C15H11NOS/c17-15-11-6-3-7-18-14(11)12-8-9-4-1-2-5-10(9)13(12)16-15/h1-6H,7-8H2,(H,16,17). The minimum atomic E-state index is 0.0314. The first-order valence-electron chi connectivity index (χ1n) is 6.01. The van der Waals surface area contributed by atoms with Crippen LogP contribution in [0.3, 0.4) is 0 Å². The minimum absolute atomic E-state index is 0.0314. The Labute approximate surface area is 109 Å². The molecule has 1 aromatic heterocycles. The molecule has 1 N–H and O–H groups in total. The van der Waals surface area contributed by atoms with E-state index in [0.29, 0.717) is 0 Å². The zero-order valence-electron chi connectivity index (χ0n) is 9.69. The molecule has 0 amide bonds. The van der Waals surface area contributed by atoms with Crippen LogP contribution in [0.2, 0.25) is 0 Å². The zero-order chi connectivity index (χ0) is 12.1. The molecule has 4 rings (SSSR count). The van der Waals surface area contributed by atoms with Gasteiger partial charge >= 0.3 is 0 Å². The molecule has 88 valence electrons. The van der Waals surface area contributed by atoms with Gasteiger partial charge in [0.05, 0.1) is 11.3 Å². The van der Waals surface area contributed by atoms with E-state index < -0.39 is 0 Å². The Balaban J connectivity index is 2.07. The van der Waals surface area contributed by atoms with Crippen LogP contribution < -0.4 is 5.56 Å². The Hall–Kier alpha value is -1.74. The second-order valence-corrected chi connectivity index (χ2v) is 5.63. The molecule has 3 heteroatoms. The molecule has 0 atom stereocenters. The molecule has 18 heavy (non-hydrogen) atoms. The highest BCUT2D eigenvalue weighted by atomic mass is 32.2. The largest absolute Gasteiger partial charge is 0.321 e. The zero-order valence-corrected chi connectivity index (χ0v) is 10.5. The lowest BCUT2D eigenvalue weighted by Crippen LogP contribution is -2.14. The van der Waals surface area contributed by atoms with Crippen LogP contribution in [-0.4, -0.2) is 10.7 Å². The lowest BCUT2D eigenvalue weighted by Gasteiger charge is -2.13. The van der Waals surface area contributed by atoms with Gasteiger partial charge in [-0.15, -0.1) is 11.8 Å². The summed E-state index contributed by atoms with van der Waals surface area (Å²) in [7, 11) is 0. The molecule has 2 aromatic rings. The lowest BCUT2D eigenvalue weighted by molar-refractivity contribution is 1.10. The van der Waals surface area contributed by atoms with E-state index in [0.717, 1.165) is 23.4 Å². The summed E-state index contributed by atoms with van der Waals surface area (Å²) in [5, 5.41) is 0. The fraction of sp³-hybridized carbons (Fsp3) is 0.133. The van der Waals surface area contributed by atoms with Crippen LogP contribution in [0.1, 0.15) is 16.7 Å².